The van der Waals surface area contributed by atoms with Crippen LogP contribution in [-0.2, 0) is 16.8 Å². The second-order valence-electron chi connectivity index (χ2n) is 12.2. The molecule has 0 spiro atoms. The molecule has 3 N–H and O–H groups in total. The quantitative estimate of drug-likeness (QED) is 0.251. The molecule has 0 atom stereocenters. The average Bonchev–Trinajstić information content (AvgIpc) is 3.52. The van der Waals surface area contributed by atoms with E-state index in [4.69, 9.17) is 4.74 Å². The third-order valence-electron chi connectivity index (χ3n) is 7.99. The van der Waals surface area contributed by atoms with E-state index < -0.39 is 0 Å². The fourth-order valence-electron chi connectivity index (χ4n) is 5.41. The summed E-state index contributed by atoms with van der Waals surface area (Å²) in [6, 6.07) is 17.0. The summed E-state index contributed by atoms with van der Waals surface area (Å²) in [6.45, 7) is 11.3. The second kappa shape index (κ2) is 12.4. The number of benzene rings is 2. The van der Waals surface area contributed by atoms with Crippen LogP contribution in [0.4, 0.5) is 27.7 Å². The van der Waals surface area contributed by atoms with E-state index in [0.717, 1.165) is 28.5 Å². The summed E-state index contributed by atoms with van der Waals surface area (Å²) in [6.07, 6.45) is 7.26. The van der Waals surface area contributed by atoms with E-state index in [9.17, 15) is 9.59 Å². The molecular formula is C34H38N8O3. The number of amides is 3. The van der Waals surface area contributed by atoms with E-state index in [1.165, 1.54) is 5.56 Å². The minimum atomic E-state index is -0.311. The monoisotopic (exact) mass is 606 g/mol. The number of nitrogens with one attached hydrogen (secondary N) is 3. The number of urea groups is 1. The lowest BCUT2D eigenvalue weighted by Crippen LogP contribution is -2.40. The summed E-state index contributed by atoms with van der Waals surface area (Å²) < 4.78 is 7.39. The summed E-state index contributed by atoms with van der Waals surface area (Å²) in [4.78, 5) is 38.7. The first-order valence-electron chi connectivity index (χ1n) is 15.0. The molecule has 2 aliphatic rings. The lowest BCUT2D eigenvalue weighted by molar-refractivity contribution is 0.0302. The molecule has 0 bridgehead atoms. The summed E-state index contributed by atoms with van der Waals surface area (Å²) in [5.41, 5.74) is 5.81. The molecule has 3 amide bonds. The maximum Gasteiger partial charge on any atom is 0.323 e. The summed E-state index contributed by atoms with van der Waals surface area (Å²) in [7, 11) is 0. The van der Waals surface area contributed by atoms with E-state index >= 15 is 0 Å². The lowest BCUT2D eigenvalue weighted by Gasteiger charge is -2.30. The fraction of sp³-hybridized carbons (Fsp3) is 0.294. The molecule has 0 saturated carbocycles. The predicted octanol–water partition coefficient (Wildman–Crippen LogP) is 5.89. The van der Waals surface area contributed by atoms with Crippen molar-refractivity contribution in [3.8, 4) is 0 Å². The largest absolute Gasteiger partial charge is 0.378 e. The number of nitrogens with zero attached hydrogens (tertiary/aromatic N) is 5. The zero-order chi connectivity index (χ0) is 31.6. The van der Waals surface area contributed by atoms with Gasteiger partial charge in [0.1, 0.15) is 12.5 Å². The van der Waals surface area contributed by atoms with E-state index in [-0.39, 0.29) is 17.4 Å². The molecule has 0 aliphatic carbocycles. The molecule has 11 nitrogen and oxygen atoms in total. The molecule has 0 unspecified atom stereocenters. The highest BCUT2D eigenvalue weighted by molar-refractivity contribution is 6.00. The minimum absolute atomic E-state index is 0.0405. The Balaban J connectivity index is 1.17. The van der Waals surface area contributed by atoms with E-state index in [1.807, 2.05) is 66.4 Å². The Kier molecular flexibility index (Phi) is 8.27. The number of anilines is 4. The van der Waals surface area contributed by atoms with Crippen molar-refractivity contribution < 1.29 is 14.3 Å². The molecule has 232 valence electrons. The van der Waals surface area contributed by atoms with Crippen LogP contribution in [0, 0.1) is 6.92 Å². The van der Waals surface area contributed by atoms with E-state index in [1.54, 1.807) is 29.4 Å². The number of aromatic nitrogens is 3. The third kappa shape index (κ3) is 6.68. The smallest absolute Gasteiger partial charge is 0.323 e. The number of fused-ring (bicyclic) bond motifs is 1. The SMILES string of the molecule is Cc1c(NC(=O)Nc2ccc(C(C)(C)C)cc2)cccc1N1C=C(Nc2ccc(C(=O)N3CCOCC3)cn2)c2nccn2C1. The van der Waals surface area contributed by atoms with Crippen LogP contribution in [0.2, 0.25) is 0 Å². The maximum atomic E-state index is 12.9. The van der Waals surface area contributed by atoms with Crippen LogP contribution in [0.25, 0.3) is 5.70 Å². The van der Waals surface area contributed by atoms with Gasteiger partial charge in [0.05, 0.1) is 24.5 Å². The molecule has 4 aromatic rings. The number of morpholine rings is 1. The molecule has 6 rings (SSSR count). The molecule has 45 heavy (non-hydrogen) atoms. The molecule has 1 saturated heterocycles. The third-order valence-corrected chi connectivity index (χ3v) is 7.99. The number of imidazole rings is 1. The van der Waals surface area contributed by atoms with Gasteiger partial charge in [0.25, 0.3) is 5.91 Å². The lowest BCUT2D eigenvalue weighted by atomic mass is 9.87. The second-order valence-corrected chi connectivity index (χ2v) is 12.2. The summed E-state index contributed by atoms with van der Waals surface area (Å²) in [5.74, 6) is 1.31. The van der Waals surface area contributed by atoms with Crippen LogP contribution < -0.4 is 20.9 Å². The van der Waals surface area contributed by atoms with Crippen LogP contribution in [0.5, 0.6) is 0 Å². The minimum Gasteiger partial charge on any atom is -0.378 e. The van der Waals surface area contributed by atoms with Crippen LogP contribution in [0.1, 0.15) is 48.1 Å². The number of carbonyl (C=O) groups is 2. The van der Waals surface area contributed by atoms with Crippen molar-refractivity contribution in [2.24, 2.45) is 0 Å². The Labute approximate surface area is 262 Å². The van der Waals surface area contributed by atoms with Crippen LogP contribution >= 0.6 is 0 Å². The van der Waals surface area contributed by atoms with Crippen molar-refractivity contribution in [1.29, 1.82) is 0 Å². The molecule has 2 aromatic heterocycles. The van der Waals surface area contributed by atoms with Gasteiger partial charge in [-0.3, -0.25) is 4.79 Å². The van der Waals surface area contributed by atoms with Gasteiger partial charge in [0.15, 0.2) is 5.82 Å². The topological polar surface area (TPSA) is 117 Å². The number of carbonyl (C=O) groups excluding carboxylic acids is 2. The Morgan fingerprint density at radius 1 is 0.933 bits per heavy atom. The zero-order valence-corrected chi connectivity index (χ0v) is 26.0. The van der Waals surface area contributed by atoms with Gasteiger partial charge in [-0.1, -0.05) is 39.0 Å². The number of ether oxygens (including phenoxy) is 1. The van der Waals surface area contributed by atoms with Crippen LogP contribution in [0.15, 0.2) is 79.4 Å². The van der Waals surface area contributed by atoms with Gasteiger partial charge >= 0.3 is 6.03 Å². The first-order chi connectivity index (χ1) is 21.7. The molecule has 2 aliphatic heterocycles. The predicted molar refractivity (Wildman–Crippen MR) is 176 cm³/mol. The first kappa shape index (κ1) is 29.9. The van der Waals surface area contributed by atoms with Gasteiger partial charge in [-0.2, -0.15) is 0 Å². The Morgan fingerprint density at radius 2 is 1.71 bits per heavy atom. The van der Waals surface area contributed by atoms with Gasteiger partial charge < -0.3 is 35.1 Å². The van der Waals surface area contributed by atoms with Crippen molar-refractivity contribution in [3.05, 3.63) is 102 Å². The molecule has 2 aromatic carbocycles. The van der Waals surface area contributed by atoms with Gasteiger partial charge in [-0.15, -0.1) is 0 Å². The number of pyridine rings is 1. The van der Waals surface area contributed by atoms with E-state index in [0.29, 0.717) is 50.0 Å². The van der Waals surface area contributed by atoms with Crippen molar-refractivity contribution in [2.75, 3.05) is 47.2 Å². The summed E-state index contributed by atoms with van der Waals surface area (Å²) in [5, 5.41) is 9.32. The highest BCUT2D eigenvalue weighted by Crippen LogP contribution is 2.32. The van der Waals surface area contributed by atoms with Crippen LogP contribution in [0.3, 0.4) is 0 Å². The number of hydrogen-bond donors (Lipinski definition) is 3. The standard InChI is InChI=1S/C34H38N8O3/c1-23-27(39-33(44)37-26-11-9-25(10-12-26)34(2,3)4)6-5-7-29(23)42-21-28(31-35-14-15-41(31)22-42)38-30-13-8-24(20-36-30)32(43)40-16-18-45-19-17-40/h5-15,20-21H,16-19,22H2,1-4H3,(H,36,38)(H2,37,39,44). The van der Waals surface area contributed by atoms with Crippen molar-refractivity contribution >= 4 is 40.5 Å². The Bertz CT molecular complexity index is 1720. The summed E-state index contributed by atoms with van der Waals surface area (Å²) >= 11 is 0. The Hall–Kier alpha value is -5.16. The molecule has 1 fully saturated rings. The highest BCUT2D eigenvalue weighted by Gasteiger charge is 2.23. The highest BCUT2D eigenvalue weighted by atomic mass is 16.5. The van der Waals surface area contributed by atoms with Gasteiger partial charge in [0, 0.05) is 54.9 Å². The number of rotatable bonds is 6. The van der Waals surface area contributed by atoms with Crippen molar-refractivity contribution in [3.63, 3.8) is 0 Å². The molecule has 11 heteroatoms. The molecular weight excluding hydrogens is 568 g/mol. The van der Waals surface area contributed by atoms with Crippen molar-refractivity contribution in [1.82, 2.24) is 19.4 Å². The fourth-order valence-corrected chi connectivity index (χ4v) is 5.41. The van der Waals surface area contributed by atoms with Gasteiger partial charge in [-0.05, 0) is 59.9 Å². The number of hydrogen-bond acceptors (Lipinski definition) is 7. The molecule has 4 heterocycles. The normalized spacial score (nSPS) is 14.8. The van der Waals surface area contributed by atoms with Gasteiger partial charge in [-0.25, -0.2) is 14.8 Å². The van der Waals surface area contributed by atoms with Crippen LogP contribution in [-0.4, -0.2) is 57.7 Å². The average molecular weight is 607 g/mol. The molecule has 0 radical (unpaired) electrons. The zero-order valence-electron chi connectivity index (χ0n) is 26.0. The maximum absolute atomic E-state index is 12.9. The first-order valence-corrected chi connectivity index (χ1v) is 15.0. The Morgan fingerprint density at radius 3 is 2.42 bits per heavy atom. The van der Waals surface area contributed by atoms with E-state index in [2.05, 4.69) is 51.6 Å². The van der Waals surface area contributed by atoms with Crippen molar-refractivity contribution in [2.45, 2.75) is 39.8 Å². The van der Waals surface area contributed by atoms with Gasteiger partial charge in [0.2, 0.25) is 0 Å².